The van der Waals surface area contributed by atoms with Crippen molar-refractivity contribution in [2.75, 3.05) is 0 Å². The number of halogens is 3. The molecule has 1 aromatic rings. The lowest BCUT2D eigenvalue weighted by molar-refractivity contribution is -0.276. The van der Waals surface area contributed by atoms with Crippen LogP contribution in [0.2, 0.25) is 0 Å². The number of rotatable bonds is 2. The molecule has 0 bridgehead atoms. The molecule has 0 aliphatic carbocycles. The normalized spacial score (nSPS) is 11.9. The molecule has 2 N–H and O–H groups in total. The van der Waals surface area contributed by atoms with Crippen LogP contribution in [0.25, 0.3) is 0 Å². The van der Waals surface area contributed by atoms with Gasteiger partial charge in [-0.2, -0.15) is 10.2 Å². The van der Waals surface area contributed by atoms with Gasteiger partial charge in [-0.1, -0.05) is 0 Å². The van der Waals surface area contributed by atoms with E-state index in [2.05, 4.69) is 14.9 Å². The van der Waals surface area contributed by atoms with Gasteiger partial charge in [0.1, 0.15) is 6.07 Å². The number of nitriles is 1. The Morgan fingerprint density at radius 3 is 2.41 bits per heavy atom. The second kappa shape index (κ2) is 4.19. The Kier molecular flexibility index (Phi) is 3.25. The molecule has 0 saturated carbocycles. The molecule has 0 unspecified atom stereocenters. The minimum absolute atomic E-state index is 0.470. The summed E-state index contributed by atoms with van der Waals surface area (Å²) in [5.41, 5.74) is -0.470. The first-order valence-corrected chi connectivity index (χ1v) is 5.38. The highest BCUT2D eigenvalue weighted by molar-refractivity contribution is 7.89. The van der Waals surface area contributed by atoms with Gasteiger partial charge >= 0.3 is 6.36 Å². The first kappa shape index (κ1) is 13.2. The van der Waals surface area contributed by atoms with Crippen molar-refractivity contribution in [1.82, 2.24) is 4.98 Å². The number of alkyl halides is 3. The van der Waals surface area contributed by atoms with E-state index in [1.165, 1.54) is 6.07 Å². The fraction of sp³-hybridized carbons (Fsp3) is 0.143. The fourth-order valence-corrected chi connectivity index (χ4v) is 1.54. The molecule has 0 aliphatic rings. The first-order valence-electron chi connectivity index (χ1n) is 3.83. The zero-order valence-corrected chi connectivity index (χ0v) is 8.71. The van der Waals surface area contributed by atoms with Gasteiger partial charge in [-0.3, -0.25) is 0 Å². The number of sulfonamides is 1. The molecule has 0 aromatic carbocycles. The van der Waals surface area contributed by atoms with E-state index in [1.54, 1.807) is 0 Å². The van der Waals surface area contributed by atoms with Gasteiger partial charge in [0.2, 0.25) is 5.88 Å². The average Bonchev–Trinajstić information content (AvgIpc) is 2.13. The second-order valence-electron chi connectivity index (χ2n) is 2.71. The molecule has 0 saturated heterocycles. The molecule has 1 heterocycles. The number of nitrogens with two attached hydrogens (primary N) is 1. The summed E-state index contributed by atoms with van der Waals surface area (Å²) in [5.74, 6) is -1.01. The van der Waals surface area contributed by atoms with Crippen molar-refractivity contribution in [2.45, 2.75) is 11.4 Å². The van der Waals surface area contributed by atoms with Crippen LogP contribution in [0.15, 0.2) is 17.2 Å². The lowest BCUT2D eigenvalue weighted by Gasteiger charge is -2.08. The van der Waals surface area contributed by atoms with Gasteiger partial charge in [0.15, 0.2) is 5.03 Å². The number of ether oxygens (including phenoxy) is 1. The molecule has 0 aliphatic heterocycles. The van der Waals surface area contributed by atoms with Gasteiger partial charge in [-0.05, 0) is 6.07 Å². The van der Waals surface area contributed by atoms with E-state index in [0.29, 0.717) is 6.07 Å². The van der Waals surface area contributed by atoms with Crippen molar-refractivity contribution in [2.24, 2.45) is 5.14 Å². The highest BCUT2D eigenvalue weighted by Crippen LogP contribution is 2.23. The molecule has 1 aromatic heterocycles. The van der Waals surface area contributed by atoms with E-state index in [0.717, 1.165) is 6.07 Å². The van der Waals surface area contributed by atoms with Crippen LogP contribution in [0.3, 0.4) is 0 Å². The van der Waals surface area contributed by atoms with Crippen LogP contribution in [0.4, 0.5) is 13.2 Å². The molecule has 0 spiro atoms. The third-order valence-corrected chi connectivity index (χ3v) is 2.30. The summed E-state index contributed by atoms with van der Waals surface area (Å²) >= 11 is 0. The number of hydrogen-bond donors (Lipinski definition) is 1. The van der Waals surface area contributed by atoms with E-state index < -0.39 is 32.9 Å². The minimum atomic E-state index is -5.02. The SMILES string of the molecule is N#Cc1ccc(OC(F)(F)F)nc1S(N)(=O)=O. The van der Waals surface area contributed by atoms with E-state index in [4.69, 9.17) is 5.26 Å². The van der Waals surface area contributed by atoms with Crippen LogP contribution in [-0.4, -0.2) is 19.8 Å². The Labute approximate surface area is 93.5 Å². The third-order valence-electron chi connectivity index (χ3n) is 1.44. The van der Waals surface area contributed by atoms with Crippen LogP contribution in [0, 0.1) is 11.3 Å². The highest BCUT2D eigenvalue weighted by atomic mass is 32.2. The standard InChI is InChI=1S/C7H4F3N3O3S/c8-7(9,10)16-5-2-1-4(3-11)6(13-5)17(12,14)15/h1-2H,(H2,12,14,15). The summed E-state index contributed by atoms with van der Waals surface area (Å²) in [7, 11) is -4.40. The largest absolute Gasteiger partial charge is 0.574 e. The molecule has 17 heavy (non-hydrogen) atoms. The zero-order chi connectivity index (χ0) is 13.3. The number of nitrogens with zero attached hydrogens (tertiary/aromatic N) is 2. The molecule has 0 amide bonds. The van der Waals surface area contributed by atoms with Crippen molar-refractivity contribution in [3.05, 3.63) is 17.7 Å². The van der Waals surface area contributed by atoms with Crippen molar-refractivity contribution >= 4 is 10.0 Å². The van der Waals surface area contributed by atoms with Gasteiger partial charge in [-0.25, -0.2) is 13.6 Å². The maximum atomic E-state index is 11.8. The predicted octanol–water partition coefficient (Wildman–Crippen LogP) is 0.499. The lowest BCUT2D eigenvalue weighted by Crippen LogP contribution is -2.20. The zero-order valence-electron chi connectivity index (χ0n) is 7.89. The van der Waals surface area contributed by atoms with Crippen molar-refractivity contribution in [3.8, 4) is 11.9 Å². The van der Waals surface area contributed by atoms with Crippen molar-refractivity contribution in [3.63, 3.8) is 0 Å². The van der Waals surface area contributed by atoms with Crippen LogP contribution >= 0.6 is 0 Å². The molecule has 6 nitrogen and oxygen atoms in total. The summed E-state index contributed by atoms with van der Waals surface area (Å²) in [6, 6.07) is 2.96. The van der Waals surface area contributed by atoms with Gasteiger partial charge in [0.05, 0.1) is 5.56 Å². The Balaban J connectivity index is 3.30. The van der Waals surface area contributed by atoms with Gasteiger partial charge in [0, 0.05) is 6.07 Å². The monoisotopic (exact) mass is 267 g/mol. The predicted molar refractivity (Wildman–Crippen MR) is 47.0 cm³/mol. The summed E-state index contributed by atoms with van der Waals surface area (Å²) in [5, 5.41) is 12.2. The first-order chi connectivity index (χ1) is 7.63. The summed E-state index contributed by atoms with van der Waals surface area (Å²) < 4.78 is 60.8. The molecule has 10 heteroatoms. The van der Waals surface area contributed by atoms with Gasteiger partial charge in [-0.15, -0.1) is 13.2 Å². The van der Waals surface area contributed by atoms with Crippen LogP contribution in [-0.2, 0) is 10.0 Å². The maximum Gasteiger partial charge on any atom is 0.574 e. The summed E-state index contributed by atoms with van der Waals surface area (Å²) in [6.45, 7) is 0. The van der Waals surface area contributed by atoms with Crippen molar-refractivity contribution < 1.29 is 26.3 Å². The number of aromatic nitrogens is 1. The molecule has 92 valence electrons. The lowest BCUT2D eigenvalue weighted by atomic mass is 10.3. The Morgan fingerprint density at radius 2 is 2.00 bits per heavy atom. The van der Waals surface area contributed by atoms with Crippen LogP contribution in [0.5, 0.6) is 5.88 Å². The Morgan fingerprint density at radius 1 is 1.41 bits per heavy atom. The minimum Gasteiger partial charge on any atom is -0.388 e. The van der Waals surface area contributed by atoms with Gasteiger partial charge < -0.3 is 4.74 Å². The van der Waals surface area contributed by atoms with E-state index in [9.17, 15) is 21.6 Å². The molecular formula is C7H4F3N3O3S. The second-order valence-corrected chi connectivity index (χ2v) is 4.18. The van der Waals surface area contributed by atoms with E-state index in [1.807, 2.05) is 0 Å². The molecule has 0 fully saturated rings. The maximum absolute atomic E-state index is 11.8. The van der Waals surface area contributed by atoms with Crippen LogP contribution < -0.4 is 9.88 Å². The van der Waals surface area contributed by atoms with E-state index >= 15 is 0 Å². The highest BCUT2D eigenvalue weighted by Gasteiger charge is 2.32. The average molecular weight is 267 g/mol. The summed E-state index contributed by atoms with van der Waals surface area (Å²) in [4.78, 5) is 3.02. The number of pyridine rings is 1. The number of hydrogen-bond acceptors (Lipinski definition) is 5. The summed E-state index contributed by atoms with van der Waals surface area (Å²) in [6.07, 6.45) is -5.02. The van der Waals surface area contributed by atoms with Crippen molar-refractivity contribution in [1.29, 1.82) is 5.26 Å². The van der Waals surface area contributed by atoms with Crippen LogP contribution in [0.1, 0.15) is 5.56 Å². The topological polar surface area (TPSA) is 106 Å². The number of primary sulfonamides is 1. The van der Waals surface area contributed by atoms with Gasteiger partial charge in [0.25, 0.3) is 10.0 Å². The fourth-order valence-electron chi connectivity index (χ4n) is 0.901. The smallest absolute Gasteiger partial charge is 0.388 e. The van der Waals surface area contributed by atoms with E-state index in [-0.39, 0.29) is 0 Å². The molecule has 0 radical (unpaired) electrons. The molecular weight excluding hydrogens is 263 g/mol. The quantitative estimate of drug-likeness (QED) is 0.839. The third kappa shape index (κ3) is 3.58. The molecule has 1 rings (SSSR count). The Bertz CT molecular complexity index is 576. The molecule has 0 atom stereocenters. The Hall–Kier alpha value is -1.86.